The fraction of sp³-hybridized carbons (Fsp3) is 0.0196. The lowest BCUT2D eigenvalue weighted by molar-refractivity contribution is -0.657. The number of para-hydroxylation sites is 1. The minimum atomic E-state index is -7.22. The molecule has 2 nitrogen and oxygen atoms in total. The predicted octanol–water partition coefficient (Wildman–Crippen LogP) is 11.8. The van der Waals surface area contributed by atoms with Gasteiger partial charge in [0.2, 0.25) is 17.8 Å². The zero-order valence-corrected chi connectivity index (χ0v) is 35.9. The Kier molecular flexibility index (Phi) is 12.6. The van der Waals surface area contributed by atoms with Gasteiger partial charge in [0.05, 0.1) is 0 Å². The van der Waals surface area contributed by atoms with Crippen molar-refractivity contribution < 1.29 is 97.2 Å². The standard InChI is InChI=1S/C27H18NO.C24BF20/c29-25(17-28-16-4-8-18-5-1-2-9-24(18)28)22-14-12-21-11-10-19-6-3-7-20-13-15-23(22)27(21)26(19)20;26-5-1(6(27)14(35)21(42)13(5)34)25(2-7(28)15(36)22(43)16(37)8(2)29,3-9(30)17(38)23(44)18(39)10(3)31)4-11(32)19(40)24(45)20(41)12(4)33/h1-16H,17H2;/q+1;-1. The van der Waals surface area contributed by atoms with E-state index in [-0.39, 0.29) is 5.78 Å². The number of carbonyl (C=O) groups is 1. The van der Waals surface area contributed by atoms with Crippen LogP contribution in [0.2, 0.25) is 0 Å². The molecule has 74 heavy (non-hydrogen) atoms. The van der Waals surface area contributed by atoms with Crippen LogP contribution in [0.1, 0.15) is 10.4 Å². The van der Waals surface area contributed by atoms with Crippen LogP contribution in [0.4, 0.5) is 87.8 Å². The molecule has 0 atom stereocenters. The number of hydrogen-bond donors (Lipinski definition) is 0. The molecule has 0 aliphatic rings. The Balaban J connectivity index is 0.000000198. The van der Waals surface area contributed by atoms with Crippen molar-refractivity contribution >= 4 is 77.0 Å². The smallest absolute Gasteiger partial charge is 0.228 e. The normalized spacial score (nSPS) is 11.9. The summed E-state index contributed by atoms with van der Waals surface area (Å²) in [5.41, 5.74) is -12.5. The van der Waals surface area contributed by atoms with Crippen molar-refractivity contribution in [2.24, 2.45) is 0 Å². The topological polar surface area (TPSA) is 20.9 Å². The van der Waals surface area contributed by atoms with Gasteiger partial charge < -0.3 is 0 Å². The third-order valence-corrected chi connectivity index (χ3v) is 12.6. The first-order valence-electron chi connectivity index (χ1n) is 20.8. The lowest BCUT2D eigenvalue weighted by Crippen LogP contribution is -2.81. The van der Waals surface area contributed by atoms with E-state index in [2.05, 4.69) is 66.7 Å². The van der Waals surface area contributed by atoms with E-state index in [0.29, 0.717) is 6.54 Å². The number of ketones is 1. The van der Waals surface area contributed by atoms with E-state index >= 15 is 35.1 Å². The molecule has 10 aromatic rings. The van der Waals surface area contributed by atoms with Crippen LogP contribution in [-0.2, 0) is 6.54 Å². The highest BCUT2D eigenvalue weighted by Crippen LogP contribution is 2.37. The zero-order chi connectivity index (χ0) is 53.7. The number of nitrogens with zero attached hydrogens (tertiary/aromatic N) is 1. The van der Waals surface area contributed by atoms with Gasteiger partial charge in [-0.15, -0.1) is 21.9 Å². The van der Waals surface area contributed by atoms with Crippen molar-refractivity contribution in [1.82, 2.24) is 0 Å². The number of pyridine rings is 1. The number of carbonyl (C=O) groups excluding carboxylic acids is 1. The second kappa shape index (κ2) is 18.4. The molecule has 0 amide bonds. The summed E-state index contributed by atoms with van der Waals surface area (Å²) in [6.45, 7) is 0.325. The fourth-order valence-corrected chi connectivity index (χ4v) is 9.45. The third kappa shape index (κ3) is 7.28. The summed E-state index contributed by atoms with van der Waals surface area (Å²) in [5, 5.41) is 8.22. The average molecular weight is 1050 g/mol. The molecule has 1 heterocycles. The van der Waals surface area contributed by atoms with Crippen LogP contribution in [0.25, 0.3) is 43.2 Å². The Labute approximate surface area is 399 Å². The van der Waals surface area contributed by atoms with E-state index in [0.717, 1.165) is 21.9 Å². The highest BCUT2D eigenvalue weighted by atomic mass is 19.2. The lowest BCUT2D eigenvalue weighted by Gasteiger charge is -2.44. The van der Waals surface area contributed by atoms with E-state index in [1.165, 1.54) is 26.9 Å². The van der Waals surface area contributed by atoms with Gasteiger partial charge in [-0.05, 0) is 50.5 Å². The summed E-state index contributed by atoms with van der Waals surface area (Å²) in [5.74, 6) is -71.3. The van der Waals surface area contributed by atoms with Gasteiger partial charge >= 0.3 is 0 Å². The van der Waals surface area contributed by atoms with E-state index < -0.39 is 144 Å². The van der Waals surface area contributed by atoms with Crippen LogP contribution in [-0.4, -0.2) is 11.9 Å². The molecule has 10 rings (SSSR count). The molecule has 0 aliphatic carbocycles. The number of benzene rings is 9. The zero-order valence-electron chi connectivity index (χ0n) is 35.9. The fourth-order valence-electron chi connectivity index (χ4n) is 9.45. The minimum absolute atomic E-state index is 0.129. The molecule has 376 valence electrons. The first kappa shape index (κ1) is 50.7. The molecule has 9 aromatic carbocycles. The molecule has 0 radical (unpaired) electrons. The molecule has 23 heteroatoms. The van der Waals surface area contributed by atoms with Crippen molar-refractivity contribution in [3.63, 3.8) is 0 Å². The second-order valence-electron chi connectivity index (χ2n) is 16.4. The van der Waals surface area contributed by atoms with Gasteiger partial charge in [0.1, 0.15) is 52.7 Å². The third-order valence-electron chi connectivity index (χ3n) is 12.6. The maximum Gasteiger partial charge on any atom is 0.228 e. The quantitative estimate of drug-likeness (QED) is 0.0296. The molecule has 0 unspecified atom stereocenters. The first-order valence-corrected chi connectivity index (χ1v) is 20.8. The number of halogens is 20. The van der Waals surface area contributed by atoms with Crippen molar-refractivity contribution in [3.05, 3.63) is 219 Å². The van der Waals surface area contributed by atoms with E-state index in [4.69, 9.17) is 0 Å². The molecule has 0 fully saturated rings. The Hall–Kier alpha value is -8.24. The Morgan fingerprint density at radius 1 is 0.324 bits per heavy atom. The molecule has 0 saturated carbocycles. The van der Waals surface area contributed by atoms with Crippen molar-refractivity contribution in [2.45, 2.75) is 6.54 Å². The van der Waals surface area contributed by atoms with Crippen LogP contribution in [0.3, 0.4) is 0 Å². The number of aromatic nitrogens is 1. The van der Waals surface area contributed by atoms with Crippen LogP contribution >= 0.6 is 0 Å². The molecule has 0 N–H and O–H groups in total. The van der Waals surface area contributed by atoms with E-state index in [9.17, 15) is 57.5 Å². The van der Waals surface area contributed by atoms with Gasteiger partial charge in [0.25, 0.3) is 0 Å². The monoisotopic (exact) mass is 1050 g/mol. The van der Waals surface area contributed by atoms with Crippen LogP contribution < -0.4 is 26.4 Å². The summed E-state index contributed by atoms with van der Waals surface area (Å²) in [6, 6.07) is 31.2. The Morgan fingerprint density at radius 3 is 1.04 bits per heavy atom. The lowest BCUT2D eigenvalue weighted by atomic mass is 9.12. The number of fused-ring (bicyclic) bond motifs is 1. The summed E-state index contributed by atoms with van der Waals surface area (Å²) in [4.78, 5) is 13.4. The molecule has 1 aromatic heterocycles. The summed E-state index contributed by atoms with van der Waals surface area (Å²) >= 11 is 0. The number of Topliss-reactive ketones (excluding diaryl/α,β-unsaturated/α-hetero) is 1. The second-order valence-corrected chi connectivity index (χ2v) is 16.4. The summed E-state index contributed by atoms with van der Waals surface area (Å²) in [6.07, 6.45) is -5.23. The first-order chi connectivity index (χ1) is 35.0. The van der Waals surface area contributed by atoms with Gasteiger partial charge in [0.15, 0.2) is 76.0 Å². The number of rotatable bonds is 7. The Bertz CT molecular complexity index is 3630. The van der Waals surface area contributed by atoms with Crippen LogP contribution in [0, 0.1) is 116 Å². The molecule has 0 spiro atoms. The minimum Gasteiger partial charge on any atom is -0.287 e. The average Bonchev–Trinajstić information content (AvgIpc) is 3.40. The van der Waals surface area contributed by atoms with Gasteiger partial charge in [0, 0.05) is 23.1 Å². The van der Waals surface area contributed by atoms with Crippen LogP contribution in [0.15, 0.2) is 97.2 Å². The van der Waals surface area contributed by atoms with Gasteiger partial charge in [-0.1, -0.05) is 60.7 Å². The van der Waals surface area contributed by atoms with E-state index in [1.807, 2.05) is 35.0 Å². The van der Waals surface area contributed by atoms with E-state index in [1.54, 1.807) is 0 Å². The van der Waals surface area contributed by atoms with Gasteiger partial charge in [-0.25, -0.2) is 87.8 Å². The van der Waals surface area contributed by atoms with Gasteiger partial charge in [-0.3, -0.25) is 4.79 Å². The SMILES string of the molecule is Fc1c(F)c(F)c([B-](c2c(F)c(F)c(F)c(F)c2F)(c2c(F)c(F)c(F)c(F)c2F)c2c(F)c(F)c(F)c(F)c2F)c(F)c1F.O=C(C[n+]1cccc2ccccc21)c1ccc2ccc3cccc4ccc1c2c34. The number of hydrogen-bond acceptors (Lipinski definition) is 1. The molecular weight excluding hydrogens is 1030 g/mol. The van der Waals surface area contributed by atoms with Crippen LogP contribution in [0.5, 0.6) is 0 Å². The largest absolute Gasteiger partial charge is 0.287 e. The summed E-state index contributed by atoms with van der Waals surface area (Å²) in [7, 11) is 0. The molecule has 0 aliphatic heterocycles. The van der Waals surface area contributed by atoms with Gasteiger partial charge in [-0.2, -0.15) is 4.57 Å². The van der Waals surface area contributed by atoms with Crippen molar-refractivity contribution in [1.29, 1.82) is 0 Å². The molecule has 0 saturated heterocycles. The van der Waals surface area contributed by atoms with Crippen molar-refractivity contribution in [3.8, 4) is 0 Å². The predicted molar refractivity (Wildman–Crippen MR) is 228 cm³/mol. The maximum atomic E-state index is 15.4. The molecular formula is C51H18BF20NO. The molecule has 0 bridgehead atoms. The highest BCUT2D eigenvalue weighted by molar-refractivity contribution is 7.20. The highest BCUT2D eigenvalue weighted by Gasteiger charge is 2.52. The maximum absolute atomic E-state index is 15.4. The summed E-state index contributed by atoms with van der Waals surface area (Å²) < 4.78 is 296. The van der Waals surface area contributed by atoms with Crippen molar-refractivity contribution in [2.75, 3.05) is 0 Å². The Morgan fingerprint density at radius 2 is 0.635 bits per heavy atom.